The van der Waals surface area contributed by atoms with Crippen LogP contribution in [0.15, 0.2) is 35.5 Å². The molecule has 1 atom stereocenters. The highest BCUT2D eigenvalue weighted by atomic mass is 35.5. The summed E-state index contributed by atoms with van der Waals surface area (Å²) in [7, 11) is -3.28. The molecular formula is C15H18ClN3O3S. The molecule has 2 heterocycles. The van der Waals surface area contributed by atoms with Gasteiger partial charge in [-0.25, -0.2) is 13.4 Å². The van der Waals surface area contributed by atoms with Gasteiger partial charge in [0.15, 0.2) is 9.84 Å². The van der Waals surface area contributed by atoms with Crippen LogP contribution < -0.4 is 5.32 Å². The van der Waals surface area contributed by atoms with Crippen molar-refractivity contribution in [2.75, 3.05) is 18.1 Å². The monoisotopic (exact) mass is 355 g/mol. The summed E-state index contributed by atoms with van der Waals surface area (Å²) < 4.78 is 23.0. The minimum Gasteiger partial charge on any atom is -0.393 e. The number of anilines is 1. The van der Waals surface area contributed by atoms with Gasteiger partial charge in [0.05, 0.1) is 16.7 Å². The Morgan fingerprint density at radius 3 is 2.61 bits per heavy atom. The Labute approximate surface area is 140 Å². The molecule has 0 aliphatic rings. The van der Waals surface area contributed by atoms with Crippen LogP contribution in [-0.4, -0.2) is 42.4 Å². The number of halogens is 1. The molecular weight excluding hydrogens is 338 g/mol. The largest absolute Gasteiger partial charge is 0.393 e. The van der Waals surface area contributed by atoms with Crippen molar-refractivity contribution in [2.24, 2.45) is 0 Å². The molecule has 0 fully saturated rings. The SMILES string of the molecule is C[C@H](O)CCNc1cc(Cl)ncc1-c1ccc(S(C)(=O)=O)cn1. The molecule has 124 valence electrons. The van der Waals surface area contributed by atoms with E-state index in [2.05, 4.69) is 15.3 Å². The molecule has 0 aromatic carbocycles. The Morgan fingerprint density at radius 1 is 1.30 bits per heavy atom. The van der Waals surface area contributed by atoms with Crippen molar-refractivity contribution >= 4 is 27.1 Å². The quantitative estimate of drug-likeness (QED) is 0.773. The molecule has 0 amide bonds. The van der Waals surface area contributed by atoms with Gasteiger partial charge < -0.3 is 10.4 Å². The maximum absolute atomic E-state index is 11.5. The van der Waals surface area contributed by atoms with E-state index in [9.17, 15) is 13.5 Å². The third kappa shape index (κ3) is 4.89. The molecule has 2 N–H and O–H groups in total. The molecule has 0 bridgehead atoms. The normalized spacial score (nSPS) is 12.9. The van der Waals surface area contributed by atoms with Gasteiger partial charge in [-0.05, 0) is 31.5 Å². The zero-order chi connectivity index (χ0) is 17.0. The number of nitrogens with zero attached hydrogens (tertiary/aromatic N) is 2. The van der Waals surface area contributed by atoms with Gasteiger partial charge in [-0.2, -0.15) is 0 Å². The van der Waals surface area contributed by atoms with Crippen molar-refractivity contribution in [1.29, 1.82) is 0 Å². The molecule has 2 aromatic heterocycles. The zero-order valence-electron chi connectivity index (χ0n) is 12.8. The van der Waals surface area contributed by atoms with Gasteiger partial charge in [0.1, 0.15) is 5.15 Å². The van der Waals surface area contributed by atoms with E-state index in [1.807, 2.05) is 0 Å². The van der Waals surface area contributed by atoms with Crippen LogP contribution in [-0.2, 0) is 9.84 Å². The second-order valence-electron chi connectivity index (χ2n) is 5.27. The Hall–Kier alpha value is -1.70. The summed E-state index contributed by atoms with van der Waals surface area (Å²) in [5.74, 6) is 0. The fourth-order valence-corrected chi connectivity index (χ4v) is 2.67. The summed E-state index contributed by atoms with van der Waals surface area (Å²) >= 11 is 5.93. The maximum atomic E-state index is 11.5. The molecule has 2 aromatic rings. The van der Waals surface area contributed by atoms with Gasteiger partial charge in [0.25, 0.3) is 0 Å². The van der Waals surface area contributed by atoms with Gasteiger partial charge in [0, 0.05) is 36.4 Å². The predicted molar refractivity (Wildman–Crippen MR) is 90.4 cm³/mol. The van der Waals surface area contributed by atoms with Crippen molar-refractivity contribution in [3.8, 4) is 11.3 Å². The first-order valence-electron chi connectivity index (χ1n) is 7.01. The van der Waals surface area contributed by atoms with Crippen molar-refractivity contribution in [2.45, 2.75) is 24.3 Å². The number of nitrogens with one attached hydrogen (secondary N) is 1. The lowest BCUT2D eigenvalue weighted by atomic mass is 10.1. The minimum absolute atomic E-state index is 0.159. The number of pyridine rings is 2. The molecule has 0 saturated heterocycles. The fourth-order valence-electron chi connectivity index (χ4n) is 1.95. The third-order valence-corrected chi connectivity index (χ3v) is 4.49. The van der Waals surface area contributed by atoms with Crippen molar-refractivity contribution in [1.82, 2.24) is 9.97 Å². The molecule has 0 aliphatic carbocycles. The van der Waals surface area contributed by atoms with E-state index >= 15 is 0 Å². The summed E-state index contributed by atoms with van der Waals surface area (Å²) in [6.07, 6.45) is 4.21. The Bertz CT molecular complexity index is 777. The molecule has 2 rings (SSSR count). The van der Waals surface area contributed by atoms with Crippen LogP contribution >= 0.6 is 11.6 Å². The molecule has 0 spiro atoms. The molecule has 0 radical (unpaired) electrons. The first kappa shape index (κ1) is 17.7. The second-order valence-corrected chi connectivity index (χ2v) is 7.67. The van der Waals surface area contributed by atoms with E-state index in [1.165, 1.54) is 12.3 Å². The van der Waals surface area contributed by atoms with E-state index in [0.29, 0.717) is 29.4 Å². The highest BCUT2D eigenvalue weighted by molar-refractivity contribution is 7.90. The van der Waals surface area contributed by atoms with Crippen LogP contribution in [0.1, 0.15) is 13.3 Å². The van der Waals surface area contributed by atoms with Crippen LogP contribution in [0.5, 0.6) is 0 Å². The zero-order valence-corrected chi connectivity index (χ0v) is 14.4. The standard InChI is InChI=1S/C15H18ClN3O3S/c1-10(20)5-6-17-14-7-15(16)19-9-12(14)13-4-3-11(8-18-13)23(2,21)22/h3-4,7-10,20H,5-6H2,1-2H3,(H,17,19)/t10-/m0/s1. The van der Waals surface area contributed by atoms with Gasteiger partial charge >= 0.3 is 0 Å². The highest BCUT2D eigenvalue weighted by Crippen LogP contribution is 2.28. The number of sulfone groups is 1. The predicted octanol–water partition coefficient (Wildman–Crippen LogP) is 2.38. The Kier molecular flexibility index (Phi) is 5.56. The number of hydrogen-bond acceptors (Lipinski definition) is 6. The molecule has 8 heteroatoms. The Balaban J connectivity index is 2.31. The number of rotatable bonds is 6. The van der Waals surface area contributed by atoms with Gasteiger partial charge in [-0.1, -0.05) is 11.6 Å². The summed E-state index contributed by atoms with van der Waals surface area (Å²) in [6.45, 7) is 2.28. The first-order valence-corrected chi connectivity index (χ1v) is 9.28. The van der Waals surface area contributed by atoms with E-state index in [4.69, 9.17) is 11.6 Å². The molecule has 0 unspecified atom stereocenters. The number of aliphatic hydroxyl groups is 1. The maximum Gasteiger partial charge on any atom is 0.177 e. The number of aliphatic hydroxyl groups excluding tert-OH is 1. The smallest absolute Gasteiger partial charge is 0.177 e. The van der Waals surface area contributed by atoms with E-state index in [-0.39, 0.29) is 4.90 Å². The second kappa shape index (κ2) is 7.25. The lowest BCUT2D eigenvalue weighted by molar-refractivity contribution is 0.189. The van der Waals surface area contributed by atoms with Crippen LogP contribution in [0.3, 0.4) is 0 Å². The minimum atomic E-state index is -3.28. The highest BCUT2D eigenvalue weighted by Gasteiger charge is 2.11. The van der Waals surface area contributed by atoms with Crippen molar-refractivity contribution in [3.05, 3.63) is 35.7 Å². The van der Waals surface area contributed by atoms with Crippen LogP contribution in [0.4, 0.5) is 5.69 Å². The average molecular weight is 356 g/mol. The van der Waals surface area contributed by atoms with E-state index in [1.54, 1.807) is 25.3 Å². The first-order chi connectivity index (χ1) is 10.8. The van der Waals surface area contributed by atoms with E-state index in [0.717, 1.165) is 11.9 Å². The summed E-state index contributed by atoms with van der Waals surface area (Å²) in [5.41, 5.74) is 2.02. The van der Waals surface area contributed by atoms with Crippen LogP contribution in [0.25, 0.3) is 11.3 Å². The van der Waals surface area contributed by atoms with Crippen molar-refractivity contribution < 1.29 is 13.5 Å². The lowest BCUT2D eigenvalue weighted by Crippen LogP contribution is -2.10. The number of aromatic nitrogens is 2. The van der Waals surface area contributed by atoms with Crippen LogP contribution in [0, 0.1) is 0 Å². The topological polar surface area (TPSA) is 92.2 Å². The molecule has 0 aliphatic heterocycles. The summed E-state index contributed by atoms with van der Waals surface area (Å²) in [4.78, 5) is 8.40. The van der Waals surface area contributed by atoms with Gasteiger partial charge in [-0.3, -0.25) is 4.98 Å². The van der Waals surface area contributed by atoms with Crippen molar-refractivity contribution in [3.63, 3.8) is 0 Å². The molecule has 6 nitrogen and oxygen atoms in total. The number of hydrogen-bond donors (Lipinski definition) is 2. The average Bonchev–Trinajstić information content (AvgIpc) is 2.46. The Morgan fingerprint density at radius 2 is 2.04 bits per heavy atom. The van der Waals surface area contributed by atoms with Crippen LogP contribution in [0.2, 0.25) is 5.15 Å². The third-order valence-electron chi connectivity index (χ3n) is 3.19. The van der Waals surface area contributed by atoms with E-state index < -0.39 is 15.9 Å². The fraction of sp³-hybridized carbons (Fsp3) is 0.333. The van der Waals surface area contributed by atoms with Gasteiger partial charge in [-0.15, -0.1) is 0 Å². The lowest BCUT2D eigenvalue weighted by Gasteiger charge is -2.13. The van der Waals surface area contributed by atoms with Gasteiger partial charge in [0.2, 0.25) is 0 Å². The summed E-state index contributed by atoms with van der Waals surface area (Å²) in [5, 5.41) is 12.9. The molecule has 0 saturated carbocycles. The molecule has 23 heavy (non-hydrogen) atoms. The summed E-state index contributed by atoms with van der Waals surface area (Å²) in [6, 6.07) is 4.80.